The average Bonchev–Trinajstić information content (AvgIpc) is 3.50. The number of esters is 1. The van der Waals surface area contributed by atoms with Crippen LogP contribution in [-0.2, 0) is 19.0 Å². The number of aliphatic hydroxyl groups is 3. The first kappa shape index (κ1) is 44.1. The predicted octanol–water partition coefficient (Wildman–Crippen LogP) is 10.5. The number of allylic oxidation sites excluding steroid dienone is 1. The Hall–Kier alpha value is -0.990. The molecule has 1 aliphatic heterocycles. The van der Waals surface area contributed by atoms with Crippen molar-refractivity contribution in [1.29, 1.82) is 0 Å². The maximum absolute atomic E-state index is 12.5. The van der Waals surface area contributed by atoms with Crippen LogP contribution in [0, 0.1) is 46.3 Å². The summed E-state index contributed by atoms with van der Waals surface area (Å²) in [5.41, 5.74) is 2.15. The molecule has 1 saturated heterocycles. The molecule has 4 fully saturated rings. The maximum atomic E-state index is 12.5. The Morgan fingerprint density at radius 1 is 0.815 bits per heavy atom. The molecule has 4 aliphatic carbocycles. The predicted molar refractivity (Wildman–Crippen MR) is 217 cm³/mol. The van der Waals surface area contributed by atoms with E-state index in [1.165, 1.54) is 102 Å². The standard InChI is InChI=1S/C47H82O7/c1-7-8-9-10-11-12-13-14-15-16-17-21-41(48)52-31-40-42(49)43(50)44(51)45(54-40)53-35-26-28-46(5)34(30-35)22-23-36-38-25-24-37(33(4)20-18-19-32(2)3)47(38,6)29-27-39(36)46/h22,32-33,35-40,42-45,49-51H,7-21,23-31H2,1-6H3/t33-,35?,36?,37-,38?,39?,40-,42+,43+,44-,45+,46+,47-/m1/s1. The Kier molecular flexibility index (Phi) is 16.8. The van der Waals surface area contributed by atoms with Crippen LogP contribution in [0.4, 0.5) is 0 Å². The van der Waals surface area contributed by atoms with Gasteiger partial charge in [0, 0.05) is 6.42 Å². The van der Waals surface area contributed by atoms with Crippen LogP contribution in [0.25, 0.3) is 0 Å². The number of unbranched alkanes of at least 4 members (excludes halogenated alkanes) is 10. The lowest BCUT2D eigenvalue weighted by atomic mass is 9.47. The molecular weight excluding hydrogens is 677 g/mol. The molecule has 7 nitrogen and oxygen atoms in total. The van der Waals surface area contributed by atoms with Gasteiger partial charge < -0.3 is 29.5 Å². The molecule has 1 heterocycles. The first-order valence-corrected chi connectivity index (χ1v) is 23.1. The second kappa shape index (κ2) is 20.6. The fraction of sp³-hybridized carbons (Fsp3) is 0.936. The highest BCUT2D eigenvalue weighted by Gasteiger charge is 2.59. The van der Waals surface area contributed by atoms with Gasteiger partial charge in [0.2, 0.25) is 0 Å². The number of rotatable bonds is 21. The van der Waals surface area contributed by atoms with E-state index in [0.717, 1.165) is 74.5 Å². The van der Waals surface area contributed by atoms with E-state index >= 15 is 0 Å². The monoisotopic (exact) mass is 759 g/mol. The molecule has 4 unspecified atom stereocenters. The van der Waals surface area contributed by atoms with Gasteiger partial charge in [-0.3, -0.25) is 4.79 Å². The largest absolute Gasteiger partial charge is 0.463 e. The van der Waals surface area contributed by atoms with Crippen LogP contribution in [0.3, 0.4) is 0 Å². The van der Waals surface area contributed by atoms with E-state index in [2.05, 4.69) is 47.6 Å². The minimum Gasteiger partial charge on any atom is -0.463 e. The van der Waals surface area contributed by atoms with E-state index in [1.54, 1.807) is 0 Å². The first-order valence-electron chi connectivity index (χ1n) is 23.1. The molecule has 0 bridgehead atoms. The normalized spacial score (nSPS) is 38.4. The molecule has 5 aliphatic rings. The minimum absolute atomic E-state index is 0.136. The van der Waals surface area contributed by atoms with E-state index in [4.69, 9.17) is 14.2 Å². The molecule has 0 radical (unpaired) electrons. The Morgan fingerprint density at radius 3 is 2.19 bits per heavy atom. The van der Waals surface area contributed by atoms with Crippen LogP contribution in [0.1, 0.15) is 189 Å². The van der Waals surface area contributed by atoms with Crippen LogP contribution in [0.5, 0.6) is 0 Å². The fourth-order valence-electron chi connectivity index (χ4n) is 12.3. The van der Waals surface area contributed by atoms with E-state index in [1.807, 2.05) is 0 Å². The summed E-state index contributed by atoms with van der Waals surface area (Å²) in [4.78, 5) is 12.5. The number of fused-ring (bicyclic) bond motifs is 5. The lowest BCUT2D eigenvalue weighted by Gasteiger charge is -2.58. The van der Waals surface area contributed by atoms with Gasteiger partial charge in [0.25, 0.3) is 0 Å². The zero-order chi connectivity index (χ0) is 38.9. The van der Waals surface area contributed by atoms with Crippen molar-refractivity contribution in [1.82, 2.24) is 0 Å². The summed E-state index contributed by atoms with van der Waals surface area (Å²) >= 11 is 0. The molecular formula is C47H82O7. The summed E-state index contributed by atoms with van der Waals surface area (Å²) < 4.78 is 18.0. The number of aliphatic hydroxyl groups excluding tert-OH is 3. The van der Waals surface area contributed by atoms with Gasteiger partial charge in [-0.1, -0.05) is 137 Å². The quantitative estimate of drug-likeness (QED) is 0.0608. The van der Waals surface area contributed by atoms with Gasteiger partial charge in [0.05, 0.1) is 6.10 Å². The minimum atomic E-state index is -1.44. The molecule has 54 heavy (non-hydrogen) atoms. The highest BCUT2D eigenvalue weighted by Crippen LogP contribution is 2.67. The molecule has 0 aromatic heterocycles. The summed E-state index contributed by atoms with van der Waals surface area (Å²) in [7, 11) is 0. The fourth-order valence-corrected chi connectivity index (χ4v) is 12.3. The van der Waals surface area contributed by atoms with Gasteiger partial charge in [0.15, 0.2) is 6.29 Å². The van der Waals surface area contributed by atoms with Crippen molar-refractivity contribution < 1.29 is 34.3 Å². The van der Waals surface area contributed by atoms with Crippen molar-refractivity contribution in [3.05, 3.63) is 11.6 Å². The Labute approximate surface area is 330 Å². The van der Waals surface area contributed by atoms with Crippen LogP contribution < -0.4 is 0 Å². The summed E-state index contributed by atoms with van der Waals surface area (Å²) in [5, 5.41) is 32.4. The van der Waals surface area contributed by atoms with Crippen molar-refractivity contribution in [2.75, 3.05) is 6.61 Å². The van der Waals surface area contributed by atoms with Gasteiger partial charge in [-0.25, -0.2) is 0 Å². The second-order valence-corrected chi connectivity index (χ2v) is 19.8. The number of ether oxygens (including phenoxy) is 3. The highest BCUT2D eigenvalue weighted by molar-refractivity contribution is 5.69. The second-order valence-electron chi connectivity index (χ2n) is 19.8. The third-order valence-electron chi connectivity index (χ3n) is 15.6. The average molecular weight is 759 g/mol. The maximum Gasteiger partial charge on any atom is 0.305 e. The lowest BCUT2D eigenvalue weighted by Crippen LogP contribution is -2.60. The topological polar surface area (TPSA) is 105 Å². The number of hydrogen-bond donors (Lipinski definition) is 3. The first-order chi connectivity index (χ1) is 25.9. The van der Waals surface area contributed by atoms with Gasteiger partial charge >= 0.3 is 5.97 Å². The van der Waals surface area contributed by atoms with E-state index in [0.29, 0.717) is 17.8 Å². The Morgan fingerprint density at radius 2 is 1.50 bits per heavy atom. The third kappa shape index (κ3) is 10.7. The van der Waals surface area contributed by atoms with E-state index in [9.17, 15) is 20.1 Å². The Balaban J connectivity index is 1.06. The summed E-state index contributed by atoms with van der Waals surface area (Å²) in [5.74, 6) is 4.45. The smallest absolute Gasteiger partial charge is 0.305 e. The van der Waals surface area contributed by atoms with Crippen molar-refractivity contribution in [2.45, 2.75) is 226 Å². The molecule has 0 aromatic carbocycles. The van der Waals surface area contributed by atoms with Crippen LogP contribution in [0.15, 0.2) is 11.6 Å². The summed E-state index contributed by atoms with van der Waals surface area (Å²) in [6.45, 7) is 14.5. The van der Waals surface area contributed by atoms with Crippen molar-refractivity contribution in [2.24, 2.45) is 46.3 Å². The van der Waals surface area contributed by atoms with Gasteiger partial charge in [-0.2, -0.15) is 0 Å². The molecule has 0 amide bonds. The summed E-state index contributed by atoms with van der Waals surface area (Å²) in [6, 6.07) is 0. The molecule has 7 heteroatoms. The molecule has 312 valence electrons. The van der Waals surface area contributed by atoms with E-state index in [-0.39, 0.29) is 24.1 Å². The molecule has 5 rings (SSSR count). The molecule has 0 spiro atoms. The molecule has 0 aromatic rings. The lowest BCUT2D eigenvalue weighted by molar-refractivity contribution is -0.313. The molecule has 3 N–H and O–H groups in total. The SMILES string of the molecule is CCCCCCCCCCCCCC(=O)OC[C@H]1O[C@H](OC2CC[C@@]3(C)C(=CCC4C3CC[C@@]3(C)C4CC[C@@H]3[C@H](C)CCCC(C)C)C2)[C@H](O)[C@@H](O)[C@H]1O. The van der Waals surface area contributed by atoms with Crippen molar-refractivity contribution in [3.8, 4) is 0 Å². The summed E-state index contributed by atoms with van der Waals surface area (Å²) in [6.07, 6.45) is 23.4. The zero-order valence-electron chi connectivity index (χ0n) is 35.5. The molecule has 13 atom stereocenters. The van der Waals surface area contributed by atoms with Gasteiger partial charge in [0.1, 0.15) is 31.0 Å². The number of hydrogen-bond acceptors (Lipinski definition) is 7. The van der Waals surface area contributed by atoms with Gasteiger partial charge in [-0.05, 0) is 104 Å². The highest BCUT2D eigenvalue weighted by atomic mass is 16.7. The third-order valence-corrected chi connectivity index (χ3v) is 15.6. The molecule has 3 saturated carbocycles. The van der Waals surface area contributed by atoms with Crippen molar-refractivity contribution in [3.63, 3.8) is 0 Å². The number of carbonyl (C=O) groups excluding carboxylic acids is 1. The van der Waals surface area contributed by atoms with Crippen LogP contribution >= 0.6 is 0 Å². The Bertz CT molecular complexity index is 1170. The van der Waals surface area contributed by atoms with Crippen molar-refractivity contribution >= 4 is 5.97 Å². The van der Waals surface area contributed by atoms with E-state index < -0.39 is 30.7 Å². The zero-order valence-corrected chi connectivity index (χ0v) is 35.5. The van der Waals surface area contributed by atoms with Crippen LogP contribution in [-0.4, -0.2) is 64.7 Å². The van der Waals surface area contributed by atoms with Gasteiger partial charge in [-0.15, -0.1) is 0 Å². The van der Waals surface area contributed by atoms with Crippen LogP contribution in [0.2, 0.25) is 0 Å². The number of carbonyl (C=O) groups is 1.